The van der Waals surface area contributed by atoms with E-state index in [2.05, 4.69) is 12.7 Å². The lowest BCUT2D eigenvalue weighted by Gasteiger charge is -2.19. The van der Waals surface area contributed by atoms with Gasteiger partial charge in [-0.05, 0) is 51.7 Å². The standard InChI is InChI=1S/C26H28O7/c1-13(2)6-7-15(14(3)4)10-18-20(29)12-21(32-5)22-23(30)24(31)26(33-25(18)22)17-9-8-16(27)11-19(17)28/h6,8-9,11-12,15,27-29,31H,3,7,10H2,1-2,4-5H3. The maximum atomic E-state index is 13.1. The Hall–Kier alpha value is -3.87. The third-order valence-electron chi connectivity index (χ3n) is 5.59. The van der Waals surface area contributed by atoms with Crippen LogP contribution in [-0.2, 0) is 6.42 Å². The summed E-state index contributed by atoms with van der Waals surface area (Å²) < 4.78 is 11.2. The first kappa shape index (κ1) is 23.8. The van der Waals surface area contributed by atoms with Crippen LogP contribution in [0, 0.1) is 5.92 Å². The molecule has 0 saturated carbocycles. The van der Waals surface area contributed by atoms with Gasteiger partial charge in [0.15, 0.2) is 5.76 Å². The summed E-state index contributed by atoms with van der Waals surface area (Å²) in [5.74, 6) is -1.71. The van der Waals surface area contributed by atoms with Crippen LogP contribution in [-0.4, -0.2) is 27.5 Å². The molecule has 174 valence electrons. The first-order valence-corrected chi connectivity index (χ1v) is 10.4. The summed E-state index contributed by atoms with van der Waals surface area (Å²) in [6.45, 7) is 9.95. The minimum absolute atomic E-state index is 0.0125. The molecule has 0 spiro atoms. The van der Waals surface area contributed by atoms with Gasteiger partial charge in [-0.3, -0.25) is 4.79 Å². The first-order valence-electron chi connectivity index (χ1n) is 10.4. The molecule has 1 atom stereocenters. The number of hydrogen-bond acceptors (Lipinski definition) is 7. The predicted octanol–water partition coefficient (Wildman–Crippen LogP) is 5.38. The van der Waals surface area contributed by atoms with Crippen LogP contribution in [0.5, 0.6) is 28.7 Å². The third kappa shape index (κ3) is 4.67. The van der Waals surface area contributed by atoms with Crippen LogP contribution < -0.4 is 10.2 Å². The van der Waals surface area contributed by atoms with E-state index < -0.39 is 11.2 Å². The molecule has 0 aliphatic carbocycles. The number of rotatable bonds is 7. The second-order valence-electron chi connectivity index (χ2n) is 8.36. The van der Waals surface area contributed by atoms with Crippen molar-refractivity contribution in [1.82, 2.24) is 0 Å². The maximum Gasteiger partial charge on any atom is 0.238 e. The van der Waals surface area contributed by atoms with E-state index in [1.807, 2.05) is 20.8 Å². The maximum absolute atomic E-state index is 13.1. The summed E-state index contributed by atoms with van der Waals surface area (Å²) in [5, 5.41) is 41.3. The first-order chi connectivity index (χ1) is 15.5. The van der Waals surface area contributed by atoms with Crippen LogP contribution in [0.3, 0.4) is 0 Å². The second kappa shape index (κ2) is 9.32. The summed E-state index contributed by atoms with van der Waals surface area (Å²) in [6, 6.07) is 5.00. The number of phenolic OH excluding ortho intramolecular Hbond substituents is 3. The molecule has 1 unspecified atom stereocenters. The zero-order chi connectivity index (χ0) is 24.4. The van der Waals surface area contributed by atoms with Crippen molar-refractivity contribution in [3.05, 3.63) is 63.9 Å². The van der Waals surface area contributed by atoms with Gasteiger partial charge in [-0.1, -0.05) is 23.8 Å². The van der Waals surface area contributed by atoms with Crippen LogP contribution in [0.25, 0.3) is 22.3 Å². The van der Waals surface area contributed by atoms with Gasteiger partial charge in [0.1, 0.15) is 34.0 Å². The minimum Gasteiger partial charge on any atom is -0.508 e. The second-order valence-corrected chi connectivity index (χ2v) is 8.36. The Balaban J connectivity index is 2.33. The molecule has 4 N–H and O–H groups in total. The Morgan fingerprint density at radius 2 is 1.82 bits per heavy atom. The van der Waals surface area contributed by atoms with Gasteiger partial charge in [-0.2, -0.15) is 0 Å². The molecular formula is C26H28O7. The van der Waals surface area contributed by atoms with E-state index in [0.717, 1.165) is 17.2 Å². The minimum atomic E-state index is -0.770. The molecule has 3 aromatic rings. The van der Waals surface area contributed by atoms with E-state index in [4.69, 9.17) is 9.15 Å². The van der Waals surface area contributed by atoms with Crippen molar-refractivity contribution in [3.8, 4) is 40.1 Å². The normalized spacial score (nSPS) is 11.9. The highest BCUT2D eigenvalue weighted by atomic mass is 16.5. The molecule has 0 amide bonds. The smallest absolute Gasteiger partial charge is 0.238 e. The molecule has 3 rings (SSSR count). The van der Waals surface area contributed by atoms with Crippen molar-refractivity contribution < 1.29 is 29.6 Å². The van der Waals surface area contributed by atoms with Crippen molar-refractivity contribution in [2.75, 3.05) is 7.11 Å². The van der Waals surface area contributed by atoms with Crippen molar-refractivity contribution >= 4 is 11.0 Å². The average molecular weight is 453 g/mol. The SMILES string of the molecule is C=C(C)C(CC=C(C)C)Cc1c(O)cc(OC)c2c(=O)c(O)c(-c3ccc(O)cc3O)oc12. The molecule has 0 radical (unpaired) electrons. The zero-order valence-electron chi connectivity index (χ0n) is 19.1. The highest BCUT2D eigenvalue weighted by molar-refractivity contribution is 5.91. The van der Waals surface area contributed by atoms with E-state index in [9.17, 15) is 25.2 Å². The molecular weight excluding hydrogens is 424 g/mol. The number of ether oxygens (including phenoxy) is 1. The summed E-state index contributed by atoms with van der Waals surface area (Å²) in [6.07, 6.45) is 3.07. The average Bonchev–Trinajstić information content (AvgIpc) is 2.74. The van der Waals surface area contributed by atoms with E-state index in [1.54, 1.807) is 0 Å². The van der Waals surface area contributed by atoms with Crippen LogP contribution in [0.1, 0.15) is 32.8 Å². The van der Waals surface area contributed by atoms with Crippen LogP contribution in [0.15, 0.2) is 57.3 Å². The lowest BCUT2D eigenvalue weighted by Crippen LogP contribution is -2.10. The van der Waals surface area contributed by atoms with Gasteiger partial charge in [0.25, 0.3) is 0 Å². The molecule has 0 aliphatic rings. The Bertz CT molecular complexity index is 1310. The van der Waals surface area contributed by atoms with E-state index in [0.29, 0.717) is 18.4 Å². The molecule has 1 aromatic heterocycles. The largest absolute Gasteiger partial charge is 0.508 e. The van der Waals surface area contributed by atoms with Crippen molar-refractivity contribution in [3.63, 3.8) is 0 Å². The molecule has 0 bridgehead atoms. The molecule has 2 aromatic carbocycles. The van der Waals surface area contributed by atoms with E-state index in [1.165, 1.54) is 25.3 Å². The van der Waals surface area contributed by atoms with Gasteiger partial charge in [0.05, 0.1) is 12.7 Å². The highest BCUT2D eigenvalue weighted by Crippen LogP contribution is 2.42. The predicted molar refractivity (Wildman–Crippen MR) is 127 cm³/mol. The molecule has 0 aliphatic heterocycles. The zero-order valence-corrected chi connectivity index (χ0v) is 19.1. The van der Waals surface area contributed by atoms with Gasteiger partial charge in [0.2, 0.25) is 11.2 Å². The van der Waals surface area contributed by atoms with Gasteiger partial charge < -0.3 is 29.6 Å². The van der Waals surface area contributed by atoms with Crippen LogP contribution >= 0.6 is 0 Å². The van der Waals surface area contributed by atoms with Gasteiger partial charge in [0, 0.05) is 17.7 Å². The van der Waals surface area contributed by atoms with Crippen LogP contribution in [0.2, 0.25) is 0 Å². The molecule has 7 nitrogen and oxygen atoms in total. The Morgan fingerprint density at radius 1 is 1.12 bits per heavy atom. The van der Waals surface area contributed by atoms with E-state index in [-0.39, 0.29) is 51.2 Å². The summed E-state index contributed by atoms with van der Waals surface area (Å²) >= 11 is 0. The number of fused-ring (bicyclic) bond motifs is 1. The number of phenols is 3. The van der Waals surface area contributed by atoms with Gasteiger partial charge in [-0.15, -0.1) is 0 Å². The highest BCUT2D eigenvalue weighted by Gasteiger charge is 2.26. The molecule has 0 fully saturated rings. The third-order valence-corrected chi connectivity index (χ3v) is 5.59. The van der Waals surface area contributed by atoms with Crippen molar-refractivity contribution in [2.45, 2.75) is 33.6 Å². The quantitative estimate of drug-likeness (QED) is 0.355. The number of methoxy groups -OCH3 is 1. The lowest BCUT2D eigenvalue weighted by molar-refractivity contribution is 0.405. The monoisotopic (exact) mass is 452 g/mol. The van der Waals surface area contributed by atoms with E-state index >= 15 is 0 Å². The fourth-order valence-electron chi connectivity index (χ4n) is 3.70. The number of benzene rings is 2. The van der Waals surface area contributed by atoms with Crippen molar-refractivity contribution in [2.24, 2.45) is 5.92 Å². The molecule has 0 saturated heterocycles. The summed E-state index contributed by atoms with van der Waals surface area (Å²) in [5.41, 5.74) is 1.68. The fourth-order valence-corrected chi connectivity index (χ4v) is 3.70. The Morgan fingerprint density at radius 3 is 2.39 bits per heavy atom. The topological polar surface area (TPSA) is 120 Å². The van der Waals surface area contributed by atoms with Crippen molar-refractivity contribution in [1.29, 1.82) is 0 Å². The Kier molecular flexibility index (Phi) is 6.72. The van der Waals surface area contributed by atoms with Gasteiger partial charge >= 0.3 is 0 Å². The number of allylic oxidation sites excluding steroid dienone is 3. The summed E-state index contributed by atoms with van der Waals surface area (Å²) in [7, 11) is 1.34. The number of hydrogen-bond donors (Lipinski definition) is 4. The Labute approximate surface area is 191 Å². The van der Waals surface area contributed by atoms with Crippen LogP contribution in [0.4, 0.5) is 0 Å². The molecule has 1 heterocycles. The molecule has 33 heavy (non-hydrogen) atoms. The molecule has 7 heteroatoms. The summed E-state index contributed by atoms with van der Waals surface area (Å²) in [4.78, 5) is 13.1. The number of aromatic hydroxyl groups is 4. The lowest BCUT2D eigenvalue weighted by atomic mass is 9.88. The fraction of sp³-hybridized carbons (Fsp3) is 0.269. The van der Waals surface area contributed by atoms with Gasteiger partial charge in [-0.25, -0.2) is 0 Å².